The number of aromatic amines is 10. The third-order valence-corrected chi connectivity index (χ3v) is 19.3. The fraction of sp³-hybridized carbons (Fsp3) is 0.320. The van der Waals surface area contributed by atoms with Crippen molar-refractivity contribution in [1.82, 2.24) is 124 Å². The van der Waals surface area contributed by atoms with Crippen molar-refractivity contribution < 1.29 is 37.9 Å². The minimum Gasteiger partial charge on any atom is -0.490 e. The van der Waals surface area contributed by atoms with E-state index in [1.807, 2.05) is 37.5 Å². The van der Waals surface area contributed by atoms with Crippen LogP contribution in [0.2, 0.25) is 0 Å². The number of nitrogens with one attached hydrogen (secondary N) is 10. The summed E-state index contributed by atoms with van der Waals surface area (Å²) in [5.74, 6) is 7.47. The molecule has 0 unspecified atom stereocenters. The van der Waals surface area contributed by atoms with Crippen LogP contribution >= 0.6 is 34.2 Å². The minimum atomic E-state index is -0.337. The molecule has 46 heteroatoms. The highest BCUT2D eigenvalue weighted by molar-refractivity contribution is 7.14. The molecule has 1 saturated carbocycles. The number of methoxy groups -OCH3 is 8. The predicted molar refractivity (Wildman–Crippen MR) is 449 cm³/mol. The molecule has 16 rings (SSSR count). The maximum absolute atomic E-state index is 11.6. The Morgan fingerprint density at radius 3 is 1.21 bits per heavy atom. The number of aromatic nitrogens is 25. The number of aryl methyl sites for hydroxylation is 9. The Kier molecular flexibility index (Phi) is 32.1. The number of allylic oxidation sites excluding steroid dienone is 4. The van der Waals surface area contributed by atoms with Crippen LogP contribution in [0, 0.1) is 62.3 Å². The highest BCUT2D eigenvalue weighted by atomic mass is 32.1. The number of ether oxygens (including phenoxy) is 8. The Bertz CT molecular complexity index is 5850. The van der Waals surface area contributed by atoms with Gasteiger partial charge in [0.05, 0.1) is 115 Å². The van der Waals surface area contributed by atoms with Crippen LogP contribution in [-0.2, 0) is 0 Å². The van der Waals surface area contributed by atoms with Crippen molar-refractivity contribution in [2.75, 3.05) is 63.4 Å². The topological polar surface area (TPSA) is 586 Å². The van der Waals surface area contributed by atoms with E-state index in [2.05, 4.69) is 135 Å². The molecule has 0 aromatic carbocycles. The SMILES string of the molecule is COc1c(C)nc(-c2csnn2)[nH]c1=O.COc1c(C)nc(-c2ncc(C)s2)[nH]c1=O.COc1c(C)nc(-c2ncc[nH]2)[nH]c1=O.COc1c(C)nc(-c2nccs2)[nH]c1=O.COc1c(C)nc(-c2ncn[nH]2)[nH]c1=O.COc1c(C)nc(C2=CC=CC2)[nH]c1=O.COc1c(C)nc(C2=CN=NC2)[nH]c1=O.COc1c(C)nc(C2CCCC2)[nH]c1=O. The lowest BCUT2D eigenvalue weighted by atomic mass is 10.1. The summed E-state index contributed by atoms with van der Waals surface area (Å²) >= 11 is 4.11. The quantitative estimate of drug-likeness (QED) is 0.0442. The lowest BCUT2D eigenvalue weighted by molar-refractivity contribution is 0.400. The molecule has 1 aliphatic heterocycles. The molecule has 0 atom stereocenters. The van der Waals surface area contributed by atoms with Gasteiger partial charge in [-0.1, -0.05) is 35.6 Å². The fourth-order valence-electron chi connectivity index (χ4n) is 11.6. The molecular formula is C75H85N27O16S3. The van der Waals surface area contributed by atoms with E-state index in [9.17, 15) is 38.4 Å². The molecule has 2 aliphatic carbocycles. The third kappa shape index (κ3) is 23.4. The number of hydrogen-bond donors (Lipinski definition) is 10. The summed E-state index contributed by atoms with van der Waals surface area (Å²) < 4.78 is 43.1. The van der Waals surface area contributed by atoms with Gasteiger partial charge in [-0.2, -0.15) is 15.3 Å². The molecule has 0 saturated heterocycles. The number of hydrogen-bond acceptors (Lipinski definition) is 36. The second-order valence-corrected chi connectivity index (χ2v) is 28.1. The number of imidazole rings is 1. The van der Waals surface area contributed by atoms with E-state index < -0.39 is 0 Å². The monoisotopic (exact) mass is 1720 g/mol. The van der Waals surface area contributed by atoms with E-state index in [1.165, 1.54) is 110 Å². The van der Waals surface area contributed by atoms with E-state index in [4.69, 9.17) is 37.9 Å². The van der Waals surface area contributed by atoms with Crippen molar-refractivity contribution in [3.05, 3.63) is 217 Å². The number of rotatable bonds is 16. The molecule has 14 heterocycles. The Morgan fingerprint density at radius 2 is 0.843 bits per heavy atom. The average molecular weight is 1720 g/mol. The van der Waals surface area contributed by atoms with E-state index in [0.29, 0.717) is 132 Å². The minimum absolute atomic E-state index is 0.160. The molecule has 13 aromatic heterocycles. The number of H-pyrrole nitrogens is 10. The van der Waals surface area contributed by atoms with Crippen molar-refractivity contribution >= 4 is 45.4 Å². The van der Waals surface area contributed by atoms with E-state index in [-0.39, 0.29) is 84.7 Å². The van der Waals surface area contributed by atoms with Crippen molar-refractivity contribution in [2.24, 2.45) is 10.2 Å². The number of thiazole rings is 2. The van der Waals surface area contributed by atoms with Gasteiger partial charge in [0.2, 0.25) is 46.0 Å². The third-order valence-electron chi connectivity index (χ3n) is 17.1. The first kappa shape index (κ1) is 90.3. The van der Waals surface area contributed by atoms with Crippen molar-refractivity contribution in [3.8, 4) is 102 Å². The Morgan fingerprint density at radius 1 is 0.421 bits per heavy atom. The van der Waals surface area contributed by atoms with Crippen LogP contribution in [0.1, 0.15) is 106 Å². The lowest BCUT2D eigenvalue weighted by Gasteiger charge is -2.10. The van der Waals surface area contributed by atoms with Crippen LogP contribution in [0.4, 0.5) is 0 Å². The first-order valence-electron chi connectivity index (χ1n) is 36.2. The summed E-state index contributed by atoms with van der Waals surface area (Å²) in [5.41, 5.74) is 4.75. The van der Waals surface area contributed by atoms with Crippen LogP contribution < -0.4 is 82.4 Å². The normalized spacial score (nSPS) is 12.1. The van der Waals surface area contributed by atoms with Gasteiger partial charge in [0, 0.05) is 51.9 Å². The molecule has 3 aliphatic rings. The molecule has 121 heavy (non-hydrogen) atoms. The smallest absolute Gasteiger partial charge is 0.293 e. The molecular weight excluding hydrogens is 1630 g/mol. The highest BCUT2D eigenvalue weighted by Gasteiger charge is 2.23. The summed E-state index contributed by atoms with van der Waals surface area (Å²) in [6.45, 7) is 16.3. The molecule has 43 nitrogen and oxygen atoms in total. The molecule has 0 bridgehead atoms. The molecule has 1 fully saturated rings. The molecule has 634 valence electrons. The maximum Gasteiger partial charge on any atom is 0.293 e. The Balaban J connectivity index is 0.000000157. The fourth-order valence-corrected chi connectivity index (χ4v) is 13.3. The van der Waals surface area contributed by atoms with Crippen LogP contribution in [-0.4, -0.2) is 188 Å². The highest BCUT2D eigenvalue weighted by Crippen LogP contribution is 2.32. The van der Waals surface area contributed by atoms with E-state index >= 15 is 0 Å². The first-order valence-corrected chi connectivity index (χ1v) is 38.8. The maximum atomic E-state index is 11.6. The number of nitrogens with zero attached hydrogens (tertiary/aromatic N) is 17. The van der Waals surface area contributed by atoms with Crippen LogP contribution in [0.15, 0.2) is 115 Å². The molecule has 0 amide bonds. The molecule has 0 radical (unpaired) electrons. The van der Waals surface area contributed by atoms with Crippen LogP contribution in [0.5, 0.6) is 46.0 Å². The average Bonchev–Trinajstić information content (AvgIpc) is 1.75. The molecule has 0 spiro atoms. The summed E-state index contributed by atoms with van der Waals surface area (Å²) in [6, 6.07) is 0. The van der Waals surface area contributed by atoms with Gasteiger partial charge < -0.3 is 82.8 Å². The summed E-state index contributed by atoms with van der Waals surface area (Å²) in [6.07, 6.45) is 21.1. The second kappa shape index (κ2) is 43.0. The number of azo groups is 1. The van der Waals surface area contributed by atoms with Gasteiger partial charge in [-0.05, 0) is 98.7 Å². The second-order valence-electron chi connectivity index (χ2n) is 25.4. The zero-order chi connectivity index (χ0) is 87.6. The zero-order valence-corrected chi connectivity index (χ0v) is 71.0. The van der Waals surface area contributed by atoms with Gasteiger partial charge in [-0.3, -0.25) is 43.5 Å². The van der Waals surface area contributed by atoms with Crippen molar-refractivity contribution in [2.45, 2.75) is 100 Å². The van der Waals surface area contributed by atoms with E-state index in [1.54, 1.807) is 84.8 Å². The van der Waals surface area contributed by atoms with E-state index in [0.717, 1.165) is 41.1 Å². The van der Waals surface area contributed by atoms with Crippen molar-refractivity contribution in [1.29, 1.82) is 0 Å². The zero-order valence-electron chi connectivity index (χ0n) is 68.5. The first-order chi connectivity index (χ1) is 58.2. The van der Waals surface area contributed by atoms with Gasteiger partial charge >= 0.3 is 0 Å². The van der Waals surface area contributed by atoms with Gasteiger partial charge in [-0.15, -0.1) is 27.8 Å². The van der Waals surface area contributed by atoms with Crippen LogP contribution in [0.25, 0.3) is 67.6 Å². The van der Waals surface area contributed by atoms with Gasteiger partial charge in [-0.25, -0.2) is 59.8 Å². The van der Waals surface area contributed by atoms with Gasteiger partial charge in [0.25, 0.3) is 44.5 Å². The summed E-state index contributed by atoms with van der Waals surface area (Å²) in [5, 5.41) is 22.5. The largest absolute Gasteiger partial charge is 0.490 e. The van der Waals surface area contributed by atoms with Crippen LogP contribution in [0.3, 0.4) is 0 Å². The summed E-state index contributed by atoms with van der Waals surface area (Å²) in [4.78, 5) is 168. The van der Waals surface area contributed by atoms with Crippen molar-refractivity contribution in [3.63, 3.8) is 0 Å². The standard InChI is InChI=1S/C11H16N2O2.C11H12N2O2.C10H11N3O2S.2C9H10N4O2.C9H9N3O2S.C8H9N5O2.C8H8N4O2S/c2*1-7-9(15-2)11(14)13-10(12-7)8-5-3-4-6-8;1-5-4-11-10(16-5)8-12-6(2)7(15-3)9(14)13-8;1-5-7(15-2)9(14)13-8(12-5)6-3-10-11-4-6;1-5-6(15-2)9(14)13-8(12-5)7-10-3-4-11-7;1-5-6(14-2)8(13)12-7(11-5)9-10-3-4-15-9;1-4-5(15-2)8(14)12-7(11-4)6-9-3-10-13-6;1-4-6(14-2)8(13)10-7(9-4)5-3-15-12-11-5/h8H,3-6H2,1-2H3,(H,12,13,14);3-5H,6H2,1-2H3,(H,12,13,14);4H,1-3H3,(H,12,13,14);3H,4H2,1-2H3,(H,12,13,14);3-4H,1-2H3,(H,10,11)(H,12,13,14);3-4H,1-2H3,(H,11,12,13);3H,1-2H3,(H,9,10,13)(H,11,12,14);3H,1-2H3,(H,9,10,13). The molecule has 10 N–H and O–H groups in total. The van der Waals surface area contributed by atoms with Gasteiger partial charge in [0.1, 0.15) is 29.5 Å². The Labute approximate surface area is 697 Å². The summed E-state index contributed by atoms with van der Waals surface area (Å²) in [7, 11) is 11.6. The Hall–Kier alpha value is -14.6. The lowest BCUT2D eigenvalue weighted by Crippen LogP contribution is -2.17. The van der Waals surface area contributed by atoms with Gasteiger partial charge in [0.15, 0.2) is 50.8 Å². The molecule has 13 aromatic rings. The predicted octanol–water partition coefficient (Wildman–Crippen LogP) is 7.75.